The highest BCUT2D eigenvalue weighted by Crippen LogP contribution is 2.45. The van der Waals surface area contributed by atoms with Gasteiger partial charge in [0.15, 0.2) is 9.90 Å². The van der Waals surface area contributed by atoms with E-state index in [0.717, 1.165) is 30.6 Å². The average molecular weight is 302 g/mol. The molecule has 19 heavy (non-hydrogen) atoms. The van der Waals surface area contributed by atoms with Gasteiger partial charge in [0.2, 0.25) is 0 Å². The molecule has 0 amide bonds. The van der Waals surface area contributed by atoms with Gasteiger partial charge in [-0.2, -0.15) is 0 Å². The fourth-order valence-electron chi connectivity index (χ4n) is 3.21. The van der Waals surface area contributed by atoms with Crippen LogP contribution >= 0.6 is 11.3 Å². The second-order valence-electron chi connectivity index (χ2n) is 5.20. The summed E-state index contributed by atoms with van der Waals surface area (Å²) in [5, 5.41) is 8.94. The van der Waals surface area contributed by atoms with Gasteiger partial charge < -0.3 is 5.11 Å². The number of carboxylic acids is 1. The molecule has 2 bridgehead atoms. The number of thiazole rings is 1. The molecule has 0 saturated heterocycles. The summed E-state index contributed by atoms with van der Waals surface area (Å²) in [6, 6.07) is -0.0486. The number of aromatic carboxylic acids is 1. The summed E-state index contributed by atoms with van der Waals surface area (Å²) >= 11 is 0.846. The maximum atomic E-state index is 12.2. The number of nitrogens with zero attached hydrogens (tertiary/aromatic N) is 1. The minimum Gasteiger partial charge on any atom is -0.476 e. The van der Waals surface area contributed by atoms with E-state index in [1.807, 2.05) is 0 Å². The highest BCUT2D eigenvalue weighted by Gasteiger charge is 2.42. The van der Waals surface area contributed by atoms with Crippen LogP contribution in [0.15, 0.2) is 9.72 Å². The number of nitrogens with one attached hydrogen (secondary N) is 1. The Bertz CT molecular complexity index is 610. The molecule has 8 heteroatoms. The quantitative estimate of drug-likeness (QED) is 0.874. The van der Waals surface area contributed by atoms with Gasteiger partial charge in [-0.05, 0) is 31.1 Å². The fraction of sp³-hybridized carbons (Fsp3) is 0.636. The Labute approximate surface area is 114 Å². The molecule has 1 heterocycles. The number of sulfonamides is 1. The Kier molecular flexibility index (Phi) is 3.11. The highest BCUT2D eigenvalue weighted by atomic mass is 32.2. The smallest absolute Gasteiger partial charge is 0.356 e. The van der Waals surface area contributed by atoms with Gasteiger partial charge in [0.05, 0.1) is 5.51 Å². The third-order valence-corrected chi connectivity index (χ3v) is 6.89. The number of hydrogen-bond donors (Lipinski definition) is 2. The molecule has 2 fully saturated rings. The minimum absolute atomic E-state index is 0.0486. The van der Waals surface area contributed by atoms with Crippen LogP contribution in [0.25, 0.3) is 0 Å². The van der Waals surface area contributed by atoms with Crippen LogP contribution in [0.2, 0.25) is 0 Å². The first-order valence-corrected chi connectivity index (χ1v) is 8.53. The predicted octanol–water partition coefficient (Wildman–Crippen LogP) is 1.31. The lowest BCUT2D eigenvalue weighted by molar-refractivity contribution is 0.0687. The Morgan fingerprint density at radius 1 is 1.42 bits per heavy atom. The molecule has 0 aliphatic heterocycles. The lowest BCUT2D eigenvalue weighted by Gasteiger charge is -2.22. The summed E-state index contributed by atoms with van der Waals surface area (Å²) in [6.45, 7) is 0. The molecular formula is C11H14N2O4S2. The number of carboxylic acid groups (broad SMARTS) is 1. The summed E-state index contributed by atoms with van der Waals surface area (Å²) in [4.78, 5) is 14.6. The first kappa shape index (κ1) is 13.0. The van der Waals surface area contributed by atoms with Crippen LogP contribution < -0.4 is 4.72 Å². The van der Waals surface area contributed by atoms with Crippen molar-refractivity contribution in [2.75, 3.05) is 0 Å². The fourth-order valence-corrected chi connectivity index (χ4v) is 5.68. The molecule has 2 saturated carbocycles. The summed E-state index contributed by atoms with van der Waals surface area (Å²) < 4.78 is 27.0. The second kappa shape index (κ2) is 4.53. The number of fused-ring (bicyclic) bond motifs is 2. The van der Waals surface area contributed by atoms with Crippen molar-refractivity contribution in [3.8, 4) is 0 Å². The summed E-state index contributed by atoms with van der Waals surface area (Å²) in [5.41, 5.74) is 0.861. The molecule has 0 spiro atoms. The van der Waals surface area contributed by atoms with Crippen molar-refractivity contribution < 1.29 is 18.3 Å². The highest BCUT2D eigenvalue weighted by molar-refractivity contribution is 7.91. The van der Waals surface area contributed by atoms with Gasteiger partial charge >= 0.3 is 5.97 Å². The third-order valence-electron chi connectivity index (χ3n) is 4.03. The molecule has 3 atom stereocenters. The van der Waals surface area contributed by atoms with E-state index < -0.39 is 16.0 Å². The topological polar surface area (TPSA) is 96.4 Å². The Morgan fingerprint density at radius 3 is 2.79 bits per heavy atom. The van der Waals surface area contributed by atoms with E-state index in [2.05, 4.69) is 9.71 Å². The van der Waals surface area contributed by atoms with E-state index in [0.29, 0.717) is 11.8 Å². The molecule has 3 rings (SSSR count). The second-order valence-corrected chi connectivity index (χ2v) is 7.96. The van der Waals surface area contributed by atoms with Crippen LogP contribution in [0.4, 0.5) is 0 Å². The SMILES string of the molecule is O=C(O)c1ncsc1S(=O)(=O)NC1CC2CCC1C2. The summed E-state index contributed by atoms with van der Waals surface area (Å²) in [7, 11) is -3.77. The molecular weight excluding hydrogens is 288 g/mol. The minimum atomic E-state index is -3.77. The number of rotatable bonds is 4. The van der Waals surface area contributed by atoms with Crippen LogP contribution in [-0.2, 0) is 10.0 Å². The molecule has 1 aromatic rings. The van der Waals surface area contributed by atoms with Gasteiger partial charge in [0.25, 0.3) is 10.0 Å². The normalized spacial score (nSPS) is 29.8. The van der Waals surface area contributed by atoms with Crippen molar-refractivity contribution in [1.29, 1.82) is 0 Å². The number of aromatic nitrogens is 1. The van der Waals surface area contributed by atoms with Crippen molar-refractivity contribution in [3.63, 3.8) is 0 Å². The van der Waals surface area contributed by atoms with Gasteiger partial charge in [-0.3, -0.25) is 0 Å². The summed E-state index contributed by atoms with van der Waals surface area (Å²) in [6.07, 6.45) is 4.20. The van der Waals surface area contributed by atoms with Gasteiger partial charge in [-0.25, -0.2) is 22.9 Å². The first-order valence-electron chi connectivity index (χ1n) is 6.16. The maximum absolute atomic E-state index is 12.2. The van der Waals surface area contributed by atoms with Crippen molar-refractivity contribution in [1.82, 2.24) is 9.71 Å². The van der Waals surface area contributed by atoms with Crippen LogP contribution in [-0.4, -0.2) is 30.5 Å². The van der Waals surface area contributed by atoms with Crippen LogP contribution in [0, 0.1) is 11.8 Å². The predicted molar refractivity (Wildman–Crippen MR) is 68.6 cm³/mol. The monoisotopic (exact) mass is 302 g/mol. The molecule has 0 aromatic carbocycles. The van der Waals surface area contributed by atoms with Gasteiger partial charge in [0.1, 0.15) is 0 Å². The molecule has 0 radical (unpaired) electrons. The van der Waals surface area contributed by atoms with Crippen LogP contribution in [0.5, 0.6) is 0 Å². The van der Waals surface area contributed by atoms with Crippen LogP contribution in [0.3, 0.4) is 0 Å². The Balaban J connectivity index is 1.83. The zero-order chi connectivity index (χ0) is 13.6. The van der Waals surface area contributed by atoms with Gasteiger partial charge in [0, 0.05) is 6.04 Å². The molecule has 3 unspecified atom stereocenters. The van der Waals surface area contributed by atoms with E-state index in [1.54, 1.807) is 0 Å². The van der Waals surface area contributed by atoms with E-state index in [4.69, 9.17) is 5.11 Å². The van der Waals surface area contributed by atoms with E-state index in [1.165, 1.54) is 11.9 Å². The van der Waals surface area contributed by atoms with Crippen molar-refractivity contribution in [3.05, 3.63) is 11.2 Å². The van der Waals surface area contributed by atoms with Crippen LogP contribution in [0.1, 0.15) is 36.2 Å². The lowest BCUT2D eigenvalue weighted by Crippen LogP contribution is -2.38. The average Bonchev–Trinajstić information content (AvgIpc) is 3.04. The largest absolute Gasteiger partial charge is 0.476 e. The standard InChI is InChI=1S/C11H14N2O4S2/c14-10(15)9-11(18-5-12-9)19(16,17)13-8-4-6-1-2-7(8)3-6/h5-8,13H,1-4H2,(H,14,15). The molecule has 2 N–H and O–H groups in total. The number of carbonyl (C=O) groups is 1. The van der Waals surface area contributed by atoms with Crippen molar-refractivity contribution in [2.45, 2.75) is 35.9 Å². The third kappa shape index (κ3) is 2.28. The molecule has 6 nitrogen and oxygen atoms in total. The Hall–Kier alpha value is -0.990. The molecule has 104 valence electrons. The van der Waals surface area contributed by atoms with E-state index in [-0.39, 0.29) is 15.9 Å². The molecule has 1 aromatic heterocycles. The maximum Gasteiger partial charge on any atom is 0.356 e. The lowest BCUT2D eigenvalue weighted by atomic mass is 9.96. The summed E-state index contributed by atoms with van der Waals surface area (Å²) in [5.74, 6) is -0.284. The first-order chi connectivity index (χ1) is 8.97. The Morgan fingerprint density at radius 2 is 2.21 bits per heavy atom. The van der Waals surface area contributed by atoms with Gasteiger partial charge in [-0.15, -0.1) is 11.3 Å². The van der Waals surface area contributed by atoms with E-state index >= 15 is 0 Å². The zero-order valence-corrected chi connectivity index (χ0v) is 11.7. The van der Waals surface area contributed by atoms with Crippen molar-refractivity contribution >= 4 is 27.3 Å². The number of hydrogen-bond acceptors (Lipinski definition) is 5. The molecule has 2 aliphatic carbocycles. The van der Waals surface area contributed by atoms with Crippen molar-refractivity contribution in [2.24, 2.45) is 11.8 Å². The van der Waals surface area contributed by atoms with Gasteiger partial charge in [-0.1, -0.05) is 6.42 Å². The molecule has 2 aliphatic rings. The zero-order valence-electron chi connectivity index (χ0n) is 10.1. The van der Waals surface area contributed by atoms with E-state index in [9.17, 15) is 13.2 Å².